The Morgan fingerprint density at radius 1 is 1.42 bits per heavy atom. The van der Waals surface area contributed by atoms with Gasteiger partial charge in [0.1, 0.15) is 0 Å². The molecule has 1 unspecified atom stereocenters. The monoisotopic (exact) mass is 169 g/mol. The summed E-state index contributed by atoms with van der Waals surface area (Å²) >= 11 is 0. The van der Waals surface area contributed by atoms with Gasteiger partial charge in [-0.15, -0.1) is 0 Å². The number of carbonyl (C=O) groups is 2. The van der Waals surface area contributed by atoms with Crippen molar-refractivity contribution in [3.63, 3.8) is 0 Å². The zero-order chi connectivity index (χ0) is 8.97. The minimum atomic E-state index is -0.317. The molecule has 1 rings (SSSR count). The summed E-state index contributed by atoms with van der Waals surface area (Å²) in [5.74, 6) is -0.559. The van der Waals surface area contributed by atoms with Crippen molar-refractivity contribution in [3.05, 3.63) is 0 Å². The molecule has 0 aromatic carbocycles. The first kappa shape index (κ1) is 9.39. The normalized spacial score (nSPS) is 23.6. The van der Waals surface area contributed by atoms with E-state index >= 15 is 0 Å². The highest BCUT2D eigenvalue weighted by Crippen LogP contribution is 2.10. The van der Waals surface area contributed by atoms with E-state index in [-0.39, 0.29) is 17.6 Å². The summed E-state index contributed by atoms with van der Waals surface area (Å²) in [6.07, 6.45) is 3.77. The summed E-state index contributed by atoms with van der Waals surface area (Å²) in [5, 5.41) is 3.23. The molecule has 1 aliphatic rings. The highest BCUT2D eigenvalue weighted by molar-refractivity contribution is 6.36. The van der Waals surface area contributed by atoms with Crippen molar-refractivity contribution >= 4 is 11.6 Å². The SMILES string of the molecule is CC(=O)C(=O)CC1CCCCN1. The fourth-order valence-corrected chi connectivity index (χ4v) is 1.47. The number of nitrogens with one attached hydrogen (secondary N) is 1. The van der Waals surface area contributed by atoms with E-state index in [2.05, 4.69) is 5.32 Å². The molecular formula is C9H15NO2. The zero-order valence-electron chi connectivity index (χ0n) is 7.43. The molecule has 68 valence electrons. The van der Waals surface area contributed by atoms with Crippen molar-refractivity contribution in [3.8, 4) is 0 Å². The lowest BCUT2D eigenvalue weighted by Gasteiger charge is -2.22. The fourth-order valence-electron chi connectivity index (χ4n) is 1.47. The van der Waals surface area contributed by atoms with E-state index in [4.69, 9.17) is 0 Å². The van der Waals surface area contributed by atoms with Crippen molar-refractivity contribution in [1.82, 2.24) is 5.32 Å². The van der Waals surface area contributed by atoms with Gasteiger partial charge in [-0.25, -0.2) is 0 Å². The summed E-state index contributed by atoms with van der Waals surface area (Å²) in [7, 11) is 0. The van der Waals surface area contributed by atoms with E-state index in [1.807, 2.05) is 0 Å². The van der Waals surface area contributed by atoms with Crippen LogP contribution in [0.25, 0.3) is 0 Å². The van der Waals surface area contributed by atoms with E-state index in [0.29, 0.717) is 6.42 Å². The van der Waals surface area contributed by atoms with Gasteiger partial charge in [-0.2, -0.15) is 0 Å². The van der Waals surface area contributed by atoms with E-state index in [1.54, 1.807) is 0 Å². The molecule has 0 aromatic heterocycles. The maximum absolute atomic E-state index is 11.0. The average Bonchev–Trinajstić information content (AvgIpc) is 2.06. The van der Waals surface area contributed by atoms with Gasteiger partial charge in [0.25, 0.3) is 0 Å². The molecule has 1 N–H and O–H groups in total. The lowest BCUT2D eigenvalue weighted by Crippen LogP contribution is -2.36. The van der Waals surface area contributed by atoms with E-state index in [9.17, 15) is 9.59 Å². The predicted octanol–water partition coefficient (Wildman–Crippen LogP) is 0.677. The Bertz CT molecular complexity index is 183. The topological polar surface area (TPSA) is 46.2 Å². The van der Waals surface area contributed by atoms with Gasteiger partial charge >= 0.3 is 0 Å². The van der Waals surface area contributed by atoms with E-state index in [1.165, 1.54) is 19.8 Å². The van der Waals surface area contributed by atoms with Crippen LogP contribution in [0.15, 0.2) is 0 Å². The highest BCUT2D eigenvalue weighted by Gasteiger charge is 2.18. The van der Waals surface area contributed by atoms with Crippen LogP contribution in [0, 0.1) is 0 Å². The summed E-state index contributed by atoms with van der Waals surface area (Å²) in [6, 6.07) is 0.246. The average molecular weight is 169 g/mol. The third-order valence-corrected chi connectivity index (χ3v) is 2.24. The summed E-state index contributed by atoms with van der Waals surface area (Å²) < 4.78 is 0. The fraction of sp³-hybridized carbons (Fsp3) is 0.778. The standard InChI is InChI=1S/C9H15NO2/c1-7(11)9(12)6-8-4-2-3-5-10-8/h8,10H,2-6H2,1H3. The lowest BCUT2D eigenvalue weighted by molar-refractivity contribution is -0.135. The lowest BCUT2D eigenvalue weighted by atomic mass is 9.99. The minimum Gasteiger partial charge on any atom is -0.314 e. The molecule has 1 aliphatic heterocycles. The number of ketones is 2. The second kappa shape index (κ2) is 4.36. The van der Waals surface area contributed by atoms with Gasteiger partial charge < -0.3 is 5.32 Å². The number of hydrogen-bond acceptors (Lipinski definition) is 3. The molecule has 1 saturated heterocycles. The smallest absolute Gasteiger partial charge is 0.199 e. The Morgan fingerprint density at radius 3 is 2.67 bits per heavy atom. The van der Waals surface area contributed by atoms with Crippen LogP contribution in [0.5, 0.6) is 0 Å². The maximum atomic E-state index is 11.0. The molecule has 0 bridgehead atoms. The summed E-state index contributed by atoms with van der Waals surface area (Å²) in [5.41, 5.74) is 0. The molecule has 3 nitrogen and oxygen atoms in total. The third-order valence-electron chi connectivity index (χ3n) is 2.24. The van der Waals surface area contributed by atoms with Crippen molar-refractivity contribution in [1.29, 1.82) is 0 Å². The van der Waals surface area contributed by atoms with Crippen molar-refractivity contribution in [2.24, 2.45) is 0 Å². The molecule has 3 heteroatoms. The molecular weight excluding hydrogens is 154 g/mol. The van der Waals surface area contributed by atoms with Crippen LogP contribution in [-0.4, -0.2) is 24.2 Å². The molecule has 0 aromatic rings. The summed E-state index contributed by atoms with van der Waals surface area (Å²) in [6.45, 7) is 2.32. The molecule has 0 aliphatic carbocycles. The Balaban J connectivity index is 2.29. The number of piperidine rings is 1. The first-order valence-corrected chi connectivity index (χ1v) is 4.47. The van der Waals surface area contributed by atoms with Gasteiger partial charge in [-0.1, -0.05) is 6.42 Å². The van der Waals surface area contributed by atoms with Crippen LogP contribution in [0.1, 0.15) is 32.6 Å². The van der Waals surface area contributed by atoms with Gasteiger partial charge in [0.2, 0.25) is 0 Å². The molecule has 1 fully saturated rings. The zero-order valence-corrected chi connectivity index (χ0v) is 7.43. The van der Waals surface area contributed by atoms with Gasteiger partial charge in [0.05, 0.1) is 0 Å². The van der Waals surface area contributed by atoms with Gasteiger partial charge in [0.15, 0.2) is 11.6 Å². The van der Waals surface area contributed by atoms with Crippen LogP contribution >= 0.6 is 0 Å². The third kappa shape index (κ3) is 2.74. The van der Waals surface area contributed by atoms with Gasteiger partial charge in [-0.3, -0.25) is 9.59 Å². The highest BCUT2D eigenvalue weighted by atomic mass is 16.2. The van der Waals surface area contributed by atoms with Crippen LogP contribution in [0.3, 0.4) is 0 Å². The first-order valence-electron chi connectivity index (χ1n) is 4.47. The maximum Gasteiger partial charge on any atom is 0.199 e. The number of Topliss-reactive ketones (excluding diaryl/α,β-unsaturated/α-hetero) is 2. The van der Waals surface area contributed by atoms with Gasteiger partial charge in [-0.05, 0) is 19.4 Å². The van der Waals surface area contributed by atoms with E-state index in [0.717, 1.165) is 13.0 Å². The largest absolute Gasteiger partial charge is 0.314 e. The Morgan fingerprint density at radius 2 is 2.17 bits per heavy atom. The van der Waals surface area contributed by atoms with Crippen molar-refractivity contribution < 1.29 is 9.59 Å². The van der Waals surface area contributed by atoms with Crippen molar-refractivity contribution in [2.75, 3.05) is 6.54 Å². The number of carbonyl (C=O) groups excluding carboxylic acids is 2. The Labute approximate surface area is 72.5 Å². The second-order valence-corrected chi connectivity index (χ2v) is 3.33. The van der Waals surface area contributed by atoms with Crippen LogP contribution in [0.4, 0.5) is 0 Å². The number of rotatable bonds is 3. The summed E-state index contributed by atoms with van der Waals surface area (Å²) in [4.78, 5) is 21.7. The molecule has 1 heterocycles. The molecule has 12 heavy (non-hydrogen) atoms. The van der Waals surface area contributed by atoms with Crippen LogP contribution in [-0.2, 0) is 9.59 Å². The molecule has 0 radical (unpaired) electrons. The minimum absolute atomic E-state index is 0.241. The molecule has 0 amide bonds. The van der Waals surface area contributed by atoms with E-state index < -0.39 is 0 Å². The van der Waals surface area contributed by atoms with Crippen molar-refractivity contribution in [2.45, 2.75) is 38.6 Å². The quantitative estimate of drug-likeness (QED) is 0.632. The predicted molar refractivity (Wildman–Crippen MR) is 45.9 cm³/mol. The van der Waals surface area contributed by atoms with Crippen LogP contribution < -0.4 is 5.32 Å². The molecule has 1 atom stereocenters. The first-order chi connectivity index (χ1) is 5.70. The van der Waals surface area contributed by atoms with Gasteiger partial charge in [0, 0.05) is 19.4 Å². The molecule has 0 saturated carbocycles. The van der Waals surface area contributed by atoms with Crippen LogP contribution in [0.2, 0.25) is 0 Å². The Kier molecular flexibility index (Phi) is 3.41. The number of hydrogen-bond donors (Lipinski definition) is 1. The second-order valence-electron chi connectivity index (χ2n) is 3.33. The Hall–Kier alpha value is -0.700. The molecule has 0 spiro atoms.